The van der Waals surface area contributed by atoms with Gasteiger partial charge in [0.05, 0.1) is 9.40 Å². The van der Waals surface area contributed by atoms with Gasteiger partial charge < -0.3 is 5.32 Å². The number of benzene rings is 2. The summed E-state index contributed by atoms with van der Waals surface area (Å²) in [6.45, 7) is 2.64. The highest BCUT2D eigenvalue weighted by Gasteiger charge is 2.12. The normalized spacial score (nSPS) is 12.1. The van der Waals surface area contributed by atoms with Crippen molar-refractivity contribution >= 4 is 37.5 Å². The van der Waals surface area contributed by atoms with Gasteiger partial charge in [0, 0.05) is 23.1 Å². The molecular weight excluding hydrogens is 400 g/mol. The van der Waals surface area contributed by atoms with Crippen molar-refractivity contribution in [1.82, 2.24) is 5.32 Å². The van der Waals surface area contributed by atoms with E-state index in [0.29, 0.717) is 11.0 Å². The molecule has 0 aliphatic rings. The summed E-state index contributed by atoms with van der Waals surface area (Å²) in [7, 11) is 0. The molecule has 0 radical (unpaired) electrons. The van der Waals surface area contributed by atoms with Crippen molar-refractivity contribution in [3.8, 4) is 0 Å². The topological polar surface area (TPSA) is 55.2 Å². The number of nitrogens with zero attached hydrogens (tertiary/aromatic N) is 1. The van der Waals surface area contributed by atoms with Gasteiger partial charge in [0.25, 0.3) is 5.69 Å². The highest BCUT2D eigenvalue weighted by atomic mass is 79.9. The number of hydrogen-bond donors (Lipinski definition) is 1. The van der Waals surface area contributed by atoms with E-state index in [0.717, 1.165) is 10.0 Å². The third kappa shape index (κ3) is 4.36. The van der Waals surface area contributed by atoms with E-state index < -0.39 is 0 Å². The van der Waals surface area contributed by atoms with Crippen LogP contribution in [0.15, 0.2) is 51.4 Å². The lowest BCUT2D eigenvalue weighted by Gasteiger charge is -2.14. The summed E-state index contributed by atoms with van der Waals surface area (Å²) in [5.74, 6) is 0. The van der Waals surface area contributed by atoms with Crippen LogP contribution in [0.1, 0.15) is 24.1 Å². The van der Waals surface area contributed by atoms with Gasteiger partial charge in [-0.3, -0.25) is 10.1 Å². The minimum absolute atomic E-state index is 0.0885. The molecule has 0 heterocycles. The van der Waals surface area contributed by atoms with Crippen molar-refractivity contribution in [2.75, 3.05) is 0 Å². The number of halogens is 2. The third-order valence-electron chi connectivity index (χ3n) is 3.19. The van der Waals surface area contributed by atoms with Crippen LogP contribution in [0.25, 0.3) is 0 Å². The van der Waals surface area contributed by atoms with Gasteiger partial charge in [-0.2, -0.15) is 0 Å². The van der Waals surface area contributed by atoms with Crippen LogP contribution in [0.4, 0.5) is 5.69 Å². The predicted molar refractivity (Wildman–Crippen MR) is 90.2 cm³/mol. The molecule has 0 aliphatic heterocycles. The van der Waals surface area contributed by atoms with E-state index in [9.17, 15) is 10.1 Å². The monoisotopic (exact) mass is 412 g/mol. The minimum Gasteiger partial charge on any atom is -0.306 e. The Labute approximate surface area is 140 Å². The SMILES string of the molecule is C[C@@H](NCc1ccc(Br)c([N+](=O)[O-])c1)c1ccc(Br)cc1. The molecule has 0 spiro atoms. The summed E-state index contributed by atoms with van der Waals surface area (Å²) in [4.78, 5) is 10.5. The Morgan fingerprint density at radius 3 is 2.48 bits per heavy atom. The third-order valence-corrected chi connectivity index (χ3v) is 4.39. The van der Waals surface area contributed by atoms with Crippen molar-refractivity contribution in [2.24, 2.45) is 0 Å². The minimum atomic E-state index is -0.383. The van der Waals surface area contributed by atoms with Gasteiger partial charge in [-0.15, -0.1) is 0 Å². The molecule has 0 aromatic heterocycles. The summed E-state index contributed by atoms with van der Waals surface area (Å²) in [6.07, 6.45) is 0. The summed E-state index contributed by atoms with van der Waals surface area (Å²) in [5, 5.41) is 14.3. The Hall–Kier alpha value is -1.24. The lowest BCUT2D eigenvalue weighted by molar-refractivity contribution is -0.385. The fourth-order valence-electron chi connectivity index (χ4n) is 1.95. The van der Waals surface area contributed by atoms with Crippen LogP contribution < -0.4 is 5.32 Å². The van der Waals surface area contributed by atoms with Crippen LogP contribution in [0.2, 0.25) is 0 Å². The van der Waals surface area contributed by atoms with Gasteiger partial charge in [-0.25, -0.2) is 0 Å². The van der Waals surface area contributed by atoms with Crippen molar-refractivity contribution in [3.05, 3.63) is 72.7 Å². The smallest absolute Gasteiger partial charge is 0.283 e. The van der Waals surface area contributed by atoms with Crippen molar-refractivity contribution < 1.29 is 4.92 Å². The van der Waals surface area contributed by atoms with Gasteiger partial charge in [0.15, 0.2) is 0 Å². The number of nitro groups is 1. The van der Waals surface area contributed by atoms with Crippen LogP contribution >= 0.6 is 31.9 Å². The average molecular weight is 414 g/mol. The van der Waals surface area contributed by atoms with E-state index >= 15 is 0 Å². The van der Waals surface area contributed by atoms with Gasteiger partial charge in [0.2, 0.25) is 0 Å². The fraction of sp³-hybridized carbons (Fsp3) is 0.200. The van der Waals surface area contributed by atoms with Crippen LogP contribution in [0, 0.1) is 10.1 Å². The number of nitrogens with one attached hydrogen (secondary N) is 1. The standard InChI is InChI=1S/C15H14Br2N2O2/c1-10(12-3-5-13(16)6-4-12)18-9-11-2-7-14(17)15(8-11)19(20)21/h2-8,10,18H,9H2,1H3/t10-/m1/s1. The second kappa shape index (κ2) is 7.15. The molecule has 0 bridgehead atoms. The molecule has 0 saturated heterocycles. The van der Waals surface area contributed by atoms with Gasteiger partial charge in [-0.05, 0) is 52.2 Å². The largest absolute Gasteiger partial charge is 0.306 e. The Bertz CT molecular complexity index is 645. The Kier molecular flexibility index (Phi) is 5.50. The molecule has 0 fully saturated rings. The maximum Gasteiger partial charge on any atom is 0.283 e. The molecule has 0 amide bonds. The highest BCUT2D eigenvalue weighted by Crippen LogP contribution is 2.26. The molecule has 6 heteroatoms. The second-order valence-electron chi connectivity index (χ2n) is 4.70. The molecule has 0 aliphatic carbocycles. The first-order valence-electron chi connectivity index (χ1n) is 6.39. The maximum absolute atomic E-state index is 10.9. The van der Waals surface area contributed by atoms with Gasteiger partial charge >= 0.3 is 0 Å². The molecule has 2 rings (SSSR count). The first-order valence-corrected chi connectivity index (χ1v) is 7.97. The molecular formula is C15H14Br2N2O2. The second-order valence-corrected chi connectivity index (χ2v) is 6.47. The molecule has 1 atom stereocenters. The molecule has 110 valence electrons. The van der Waals surface area contributed by atoms with E-state index in [-0.39, 0.29) is 16.7 Å². The fourth-order valence-corrected chi connectivity index (χ4v) is 2.60. The average Bonchev–Trinajstić information content (AvgIpc) is 2.46. The molecule has 21 heavy (non-hydrogen) atoms. The highest BCUT2D eigenvalue weighted by molar-refractivity contribution is 9.10. The van der Waals surface area contributed by atoms with Crippen molar-refractivity contribution in [3.63, 3.8) is 0 Å². The quantitative estimate of drug-likeness (QED) is 0.556. The number of nitro benzene ring substituents is 1. The zero-order valence-corrected chi connectivity index (χ0v) is 14.5. The lowest BCUT2D eigenvalue weighted by atomic mass is 10.1. The first-order chi connectivity index (χ1) is 9.97. The molecule has 0 unspecified atom stereocenters. The van der Waals surface area contributed by atoms with E-state index in [1.54, 1.807) is 12.1 Å². The molecule has 2 aromatic rings. The summed E-state index contributed by atoms with van der Waals surface area (Å²) in [6, 6.07) is 13.4. The van der Waals surface area contributed by atoms with Crippen LogP contribution in [-0.4, -0.2) is 4.92 Å². The Morgan fingerprint density at radius 2 is 1.86 bits per heavy atom. The van der Waals surface area contributed by atoms with E-state index in [4.69, 9.17) is 0 Å². The zero-order valence-electron chi connectivity index (χ0n) is 11.3. The summed E-state index contributed by atoms with van der Waals surface area (Å²) in [5.41, 5.74) is 2.14. The van der Waals surface area contributed by atoms with E-state index in [1.165, 1.54) is 5.56 Å². The predicted octanol–water partition coefficient (Wildman–Crippen LogP) is 4.97. The number of hydrogen-bond acceptors (Lipinski definition) is 3. The Balaban J connectivity index is 2.04. The summed E-state index contributed by atoms with van der Waals surface area (Å²) < 4.78 is 1.54. The van der Waals surface area contributed by atoms with Gasteiger partial charge in [0.1, 0.15) is 0 Å². The Morgan fingerprint density at radius 1 is 1.19 bits per heavy atom. The van der Waals surface area contributed by atoms with E-state index in [1.807, 2.05) is 30.3 Å². The van der Waals surface area contributed by atoms with Crippen LogP contribution in [0.5, 0.6) is 0 Å². The summed E-state index contributed by atoms with van der Waals surface area (Å²) >= 11 is 6.60. The van der Waals surface area contributed by atoms with E-state index in [2.05, 4.69) is 44.1 Å². The molecule has 2 aromatic carbocycles. The lowest BCUT2D eigenvalue weighted by Crippen LogP contribution is -2.18. The maximum atomic E-state index is 10.9. The van der Waals surface area contributed by atoms with Crippen molar-refractivity contribution in [2.45, 2.75) is 19.5 Å². The van der Waals surface area contributed by atoms with Crippen LogP contribution in [-0.2, 0) is 6.54 Å². The molecule has 1 N–H and O–H groups in total. The van der Waals surface area contributed by atoms with Crippen LogP contribution in [0.3, 0.4) is 0 Å². The zero-order chi connectivity index (χ0) is 15.4. The number of rotatable bonds is 5. The van der Waals surface area contributed by atoms with Crippen molar-refractivity contribution in [1.29, 1.82) is 0 Å². The molecule has 4 nitrogen and oxygen atoms in total. The molecule has 0 saturated carbocycles. The van der Waals surface area contributed by atoms with Gasteiger partial charge in [-0.1, -0.05) is 34.1 Å². The first kappa shape index (κ1) is 16.1.